The average Bonchev–Trinajstić information content (AvgIpc) is 2.61. The molecule has 28 heavy (non-hydrogen) atoms. The number of carbonyl (C=O) groups excluding carboxylic acids is 1. The van der Waals surface area contributed by atoms with E-state index >= 15 is 0 Å². The number of ether oxygens (including phenoxy) is 1. The van der Waals surface area contributed by atoms with Gasteiger partial charge >= 0.3 is 0 Å². The zero-order valence-corrected chi connectivity index (χ0v) is 21.9. The summed E-state index contributed by atoms with van der Waals surface area (Å²) in [5.74, 6) is 0.987. The van der Waals surface area contributed by atoms with E-state index in [-0.39, 0.29) is 37.0 Å². The molecule has 0 aromatic heterocycles. The van der Waals surface area contributed by atoms with Gasteiger partial charge in [-0.1, -0.05) is 49.8 Å². The number of nitrogens with one attached hydrogen (secondary N) is 1. The van der Waals surface area contributed by atoms with Gasteiger partial charge in [0, 0.05) is 53.0 Å². The molecule has 2 aliphatic rings. The number of nitrogens with zero attached hydrogens (tertiary/aromatic N) is 1. The van der Waals surface area contributed by atoms with Gasteiger partial charge in [-0.3, -0.25) is 4.79 Å². The van der Waals surface area contributed by atoms with Gasteiger partial charge in [-0.15, -0.1) is 0 Å². The van der Waals surface area contributed by atoms with Crippen LogP contribution in [0.2, 0.25) is 0 Å². The molecule has 1 aliphatic carbocycles. The minimum atomic E-state index is -0.823. The van der Waals surface area contributed by atoms with E-state index in [1.165, 1.54) is 16.7 Å². The molecule has 1 saturated heterocycles. The molecular formula is C21H34IMoN2O3-. The van der Waals surface area contributed by atoms with Crippen molar-refractivity contribution in [3.63, 3.8) is 0 Å². The van der Waals surface area contributed by atoms with E-state index < -0.39 is 5.60 Å². The first-order chi connectivity index (χ1) is 12.7. The van der Waals surface area contributed by atoms with Crippen molar-refractivity contribution >= 4 is 28.5 Å². The van der Waals surface area contributed by atoms with Crippen molar-refractivity contribution in [3.05, 3.63) is 28.9 Å². The second-order valence-electron chi connectivity index (χ2n) is 7.93. The zero-order valence-electron chi connectivity index (χ0n) is 17.7. The van der Waals surface area contributed by atoms with Crippen molar-refractivity contribution in [3.8, 4) is 0 Å². The molecule has 0 aromatic carbocycles. The Morgan fingerprint density at radius 1 is 1.32 bits per heavy atom. The largest absolute Gasteiger partial charge is 0.496 e. The molecule has 160 valence electrons. The van der Waals surface area contributed by atoms with Gasteiger partial charge in [0.25, 0.3) is 5.91 Å². The summed E-state index contributed by atoms with van der Waals surface area (Å²) >= 11 is 2.45. The van der Waals surface area contributed by atoms with Crippen LogP contribution in [0.15, 0.2) is 22.5 Å². The Balaban J connectivity index is 0.00000392. The molecule has 1 fully saturated rings. The van der Waals surface area contributed by atoms with Crippen LogP contribution in [-0.4, -0.2) is 57.7 Å². The molecule has 2 rings (SSSR count). The molecule has 7 heteroatoms. The molecule has 0 bridgehead atoms. The number of aliphatic hydroxyl groups excluding tert-OH is 1. The summed E-state index contributed by atoms with van der Waals surface area (Å²) in [4.78, 5) is 15.3. The second-order valence-corrected chi connectivity index (χ2v) is 10.2. The molecule has 0 spiro atoms. The number of hydrogen-bond donors (Lipinski definition) is 2. The summed E-state index contributed by atoms with van der Waals surface area (Å²) in [5.41, 5.74) is 2.88. The Labute approximate surface area is 198 Å². The molecule has 2 atom stereocenters. The van der Waals surface area contributed by atoms with Gasteiger partial charge in [0.2, 0.25) is 0 Å². The van der Waals surface area contributed by atoms with Crippen molar-refractivity contribution in [2.75, 3.05) is 32.8 Å². The second kappa shape index (κ2) is 10.8. The first-order valence-electron chi connectivity index (χ1n) is 9.92. The van der Waals surface area contributed by atoms with Crippen LogP contribution in [-0.2, 0) is 30.6 Å². The van der Waals surface area contributed by atoms with Gasteiger partial charge in [-0.05, 0) is 35.7 Å². The number of carbonyl (C=O) groups is 1. The zero-order chi connectivity index (χ0) is 20.2. The molecule has 2 unspecified atom stereocenters. The summed E-state index contributed by atoms with van der Waals surface area (Å²) in [7, 11) is 0. The summed E-state index contributed by atoms with van der Waals surface area (Å²) < 4.78 is 6.37. The molecule has 1 amide bonds. The van der Waals surface area contributed by atoms with Crippen molar-refractivity contribution in [1.29, 1.82) is 0 Å². The summed E-state index contributed by atoms with van der Waals surface area (Å²) in [6.07, 6.45) is 4.78. The molecule has 0 aromatic rings. The van der Waals surface area contributed by atoms with Crippen LogP contribution < -0.4 is 5.32 Å². The van der Waals surface area contributed by atoms with Gasteiger partial charge in [0.05, 0.1) is 6.61 Å². The third kappa shape index (κ3) is 5.77. The minimum absolute atomic E-state index is 0. The van der Waals surface area contributed by atoms with Crippen LogP contribution >= 0.6 is 22.6 Å². The quantitative estimate of drug-likeness (QED) is 0.151. The van der Waals surface area contributed by atoms with E-state index in [4.69, 9.17) is 9.84 Å². The fraction of sp³-hybridized carbons (Fsp3) is 0.714. The van der Waals surface area contributed by atoms with Gasteiger partial charge in [0.1, 0.15) is 0 Å². The molecule has 0 radical (unpaired) electrons. The average molecular weight is 585 g/mol. The Kier molecular flexibility index (Phi) is 10.1. The molecule has 2 N–H and O–H groups in total. The van der Waals surface area contributed by atoms with E-state index in [9.17, 15) is 4.79 Å². The van der Waals surface area contributed by atoms with Crippen molar-refractivity contribution < 1.29 is 35.7 Å². The standard InChI is InChI=1S/C21H34IN2O3.Mo/c1-6-11-24(12-9-23-10-13-25)19(26)21(5)8-7-17-15(2)14-20(4,22)16(3)18(17)27-21;/h14,23,25H,6-13H2,1-5H3;/q-1;. The topological polar surface area (TPSA) is 61.8 Å². The third-order valence-electron chi connectivity index (χ3n) is 5.57. The van der Waals surface area contributed by atoms with Gasteiger partial charge < -0.3 is 20.1 Å². The predicted octanol–water partition coefficient (Wildman–Crippen LogP) is 3.38. The van der Waals surface area contributed by atoms with Gasteiger partial charge in [0.15, 0.2) is 5.60 Å². The molecular weight excluding hydrogens is 551 g/mol. The fourth-order valence-electron chi connectivity index (χ4n) is 3.81. The van der Waals surface area contributed by atoms with Crippen LogP contribution in [0.4, 0.5) is 0 Å². The number of aliphatic hydroxyl groups is 1. The van der Waals surface area contributed by atoms with E-state index in [0.29, 0.717) is 26.1 Å². The van der Waals surface area contributed by atoms with Crippen LogP contribution in [0.3, 0.4) is 0 Å². The Morgan fingerprint density at radius 2 is 2.00 bits per heavy atom. The number of allylic oxidation sites excluding steroid dienone is 3. The summed E-state index contributed by atoms with van der Waals surface area (Å²) in [6.45, 7) is 13.1. The monoisotopic (exact) mass is 587 g/mol. The normalized spacial score (nSPS) is 26.8. The molecule has 1 heterocycles. The van der Waals surface area contributed by atoms with Crippen molar-refractivity contribution in [1.82, 2.24) is 10.2 Å². The number of halogens is 1. The molecule has 0 saturated carbocycles. The number of rotatable bonds is 8. The maximum Gasteiger partial charge on any atom is 0.266 e. The maximum atomic E-state index is 13.4. The Bertz CT molecular complexity index is 633. The number of hydrogen-bond acceptors (Lipinski definition) is 4. The van der Waals surface area contributed by atoms with E-state index in [2.05, 4.69) is 62.0 Å². The summed E-state index contributed by atoms with van der Waals surface area (Å²) in [5, 5.41) is 12.1. The Morgan fingerprint density at radius 3 is 2.61 bits per heavy atom. The first kappa shape index (κ1) is 26.0. The van der Waals surface area contributed by atoms with Crippen molar-refractivity contribution in [2.24, 2.45) is 0 Å². The van der Waals surface area contributed by atoms with Crippen LogP contribution in [0.1, 0.15) is 53.9 Å². The van der Waals surface area contributed by atoms with Crippen LogP contribution in [0.5, 0.6) is 0 Å². The number of alkyl halides is 1. The molecule has 1 aliphatic heterocycles. The van der Waals surface area contributed by atoms with Gasteiger partial charge in [-0.2, -0.15) is 5.57 Å². The third-order valence-corrected chi connectivity index (χ3v) is 6.69. The Hall–Kier alpha value is -0.0417. The molecule has 5 nitrogen and oxygen atoms in total. The fourth-order valence-corrected chi connectivity index (χ4v) is 4.52. The van der Waals surface area contributed by atoms with Crippen LogP contribution in [0, 0.1) is 6.42 Å². The summed E-state index contributed by atoms with van der Waals surface area (Å²) in [6, 6.07) is 0. The smallest absolute Gasteiger partial charge is 0.266 e. The maximum absolute atomic E-state index is 13.4. The predicted molar refractivity (Wildman–Crippen MR) is 118 cm³/mol. The minimum Gasteiger partial charge on any atom is -0.496 e. The van der Waals surface area contributed by atoms with E-state index in [1.54, 1.807) is 0 Å². The number of amides is 1. The van der Waals surface area contributed by atoms with E-state index in [1.807, 2.05) is 11.8 Å². The van der Waals surface area contributed by atoms with Crippen molar-refractivity contribution in [2.45, 2.75) is 62.9 Å². The SMILES string of the molecule is CCCN(CCNCCO)C(=O)C1(C)CCC2=C(C)[CH-]C(C)(I)C(C)=C2O1.[Mo]. The first-order valence-corrected chi connectivity index (χ1v) is 11.0. The van der Waals surface area contributed by atoms with E-state index in [0.717, 1.165) is 25.1 Å². The van der Waals surface area contributed by atoms with Crippen LogP contribution in [0.25, 0.3) is 0 Å². The number of fused-ring (bicyclic) bond motifs is 1. The van der Waals surface area contributed by atoms with Gasteiger partial charge in [-0.25, -0.2) is 12.0 Å².